The van der Waals surface area contributed by atoms with Crippen LogP contribution in [0.15, 0.2) is 72.8 Å². The minimum atomic E-state index is -0.354. The third kappa shape index (κ3) is 3.28. The summed E-state index contributed by atoms with van der Waals surface area (Å²) < 4.78 is 5.51. The second-order valence-corrected chi connectivity index (χ2v) is 6.64. The van der Waals surface area contributed by atoms with Crippen LogP contribution in [0.3, 0.4) is 0 Å². The number of rotatable bonds is 5. The molecule has 0 radical (unpaired) electrons. The largest absolute Gasteiger partial charge is 0.485 e. The molecule has 0 aromatic heterocycles. The molecule has 1 aliphatic heterocycles. The molecule has 2 amide bonds. The van der Waals surface area contributed by atoms with Crippen LogP contribution in [-0.2, 0) is 0 Å². The molecule has 28 heavy (non-hydrogen) atoms. The first-order valence-electron chi connectivity index (χ1n) is 8.54. The average Bonchev–Trinajstić information content (AvgIpc) is 2.98. The van der Waals surface area contributed by atoms with Crippen molar-refractivity contribution in [3.63, 3.8) is 0 Å². The molecule has 0 fully saturated rings. The van der Waals surface area contributed by atoms with Crippen molar-refractivity contribution in [3.8, 4) is 5.75 Å². The number of benzene rings is 3. The number of anilines is 1. The summed E-state index contributed by atoms with van der Waals surface area (Å²) in [6.45, 7) is -0.131. The highest BCUT2D eigenvalue weighted by Crippen LogP contribution is 2.29. The molecule has 3 aromatic carbocycles. The zero-order valence-electron chi connectivity index (χ0n) is 14.6. The highest BCUT2D eigenvalue weighted by atomic mass is 35.5. The third-order valence-electron chi connectivity index (χ3n) is 4.43. The van der Waals surface area contributed by atoms with Crippen molar-refractivity contribution in [2.75, 3.05) is 11.5 Å². The van der Waals surface area contributed by atoms with Crippen molar-refractivity contribution in [2.24, 2.45) is 0 Å². The molecule has 5 nitrogen and oxygen atoms in total. The molecule has 138 valence electrons. The summed E-state index contributed by atoms with van der Waals surface area (Å²) in [5.74, 6) is -0.428. The van der Waals surface area contributed by atoms with E-state index in [1.54, 1.807) is 72.8 Å². The Morgan fingerprint density at radius 2 is 1.39 bits per heavy atom. The molecule has 0 saturated heterocycles. The normalized spacial score (nSPS) is 12.8. The smallest absolute Gasteiger partial charge is 0.266 e. The number of ketones is 1. The van der Waals surface area contributed by atoms with Crippen LogP contribution in [0, 0.1) is 0 Å². The summed E-state index contributed by atoms with van der Waals surface area (Å²) in [6.07, 6.45) is 0. The lowest BCUT2D eigenvalue weighted by molar-refractivity contribution is 0.0915. The van der Waals surface area contributed by atoms with Crippen molar-refractivity contribution in [1.82, 2.24) is 0 Å². The fourth-order valence-electron chi connectivity index (χ4n) is 2.98. The van der Waals surface area contributed by atoms with Crippen molar-refractivity contribution < 1.29 is 19.1 Å². The van der Waals surface area contributed by atoms with Crippen LogP contribution in [0.25, 0.3) is 0 Å². The van der Waals surface area contributed by atoms with E-state index in [9.17, 15) is 14.4 Å². The van der Waals surface area contributed by atoms with E-state index in [4.69, 9.17) is 16.3 Å². The lowest BCUT2D eigenvalue weighted by Gasteiger charge is -2.14. The maximum atomic E-state index is 12.5. The van der Waals surface area contributed by atoms with Crippen LogP contribution in [0.1, 0.15) is 31.1 Å². The zero-order valence-corrected chi connectivity index (χ0v) is 15.3. The average molecular weight is 392 g/mol. The number of hydrogen-bond acceptors (Lipinski definition) is 4. The van der Waals surface area contributed by atoms with Gasteiger partial charge in [-0.15, -0.1) is 0 Å². The maximum absolute atomic E-state index is 12.5. The Balaban J connectivity index is 1.45. The minimum absolute atomic E-state index is 0.131. The molecule has 0 N–H and O–H groups in total. The van der Waals surface area contributed by atoms with E-state index in [2.05, 4.69) is 0 Å². The monoisotopic (exact) mass is 391 g/mol. The zero-order chi connectivity index (χ0) is 19.7. The molecule has 0 unspecified atom stereocenters. The number of amides is 2. The van der Waals surface area contributed by atoms with Gasteiger partial charge in [-0.3, -0.25) is 14.4 Å². The van der Waals surface area contributed by atoms with E-state index in [0.29, 0.717) is 33.1 Å². The van der Waals surface area contributed by atoms with Crippen LogP contribution in [0.4, 0.5) is 5.69 Å². The quantitative estimate of drug-likeness (QED) is 0.477. The maximum Gasteiger partial charge on any atom is 0.266 e. The standard InChI is InChI=1S/C22H14ClNO4/c23-15-7-5-14(6-8-15)20(25)13-28-17-11-9-16(10-12-17)24-21(26)18-3-1-2-4-19(18)22(24)27/h1-12H,13H2. The van der Waals surface area contributed by atoms with Gasteiger partial charge < -0.3 is 4.74 Å². The number of halogens is 1. The predicted molar refractivity (Wildman–Crippen MR) is 105 cm³/mol. The van der Waals surface area contributed by atoms with E-state index in [1.807, 2.05) is 0 Å². The van der Waals surface area contributed by atoms with Crippen LogP contribution in [0.5, 0.6) is 5.75 Å². The Hall–Kier alpha value is -3.44. The van der Waals surface area contributed by atoms with Gasteiger partial charge in [-0.05, 0) is 60.7 Å². The summed E-state index contributed by atoms with van der Waals surface area (Å²) in [5.41, 5.74) is 1.73. The molecular weight excluding hydrogens is 378 g/mol. The van der Waals surface area contributed by atoms with Crippen molar-refractivity contribution in [1.29, 1.82) is 0 Å². The van der Waals surface area contributed by atoms with Gasteiger partial charge in [0.25, 0.3) is 11.8 Å². The van der Waals surface area contributed by atoms with Crippen molar-refractivity contribution in [3.05, 3.63) is 94.5 Å². The van der Waals surface area contributed by atoms with Gasteiger partial charge in [0.2, 0.25) is 0 Å². The Morgan fingerprint density at radius 3 is 1.96 bits per heavy atom. The third-order valence-corrected chi connectivity index (χ3v) is 4.68. The van der Waals surface area contributed by atoms with Gasteiger partial charge in [0.1, 0.15) is 5.75 Å². The lowest BCUT2D eigenvalue weighted by Crippen LogP contribution is -2.29. The molecule has 0 spiro atoms. The molecule has 0 aliphatic carbocycles. The fourth-order valence-corrected chi connectivity index (χ4v) is 3.11. The molecule has 4 rings (SSSR count). The molecule has 0 saturated carbocycles. The predicted octanol–water partition coefficient (Wildman–Crippen LogP) is 4.40. The number of nitrogens with zero attached hydrogens (tertiary/aromatic N) is 1. The van der Waals surface area contributed by atoms with Crippen LogP contribution in [-0.4, -0.2) is 24.2 Å². The molecule has 0 atom stereocenters. The van der Waals surface area contributed by atoms with Crippen LogP contribution >= 0.6 is 11.6 Å². The van der Waals surface area contributed by atoms with E-state index in [0.717, 1.165) is 4.90 Å². The van der Waals surface area contributed by atoms with Gasteiger partial charge in [-0.2, -0.15) is 0 Å². The van der Waals surface area contributed by atoms with Crippen LogP contribution < -0.4 is 9.64 Å². The molecule has 1 aliphatic rings. The van der Waals surface area contributed by atoms with Gasteiger partial charge >= 0.3 is 0 Å². The number of Topliss-reactive ketones (excluding diaryl/α,β-unsaturated/α-hetero) is 1. The molecular formula is C22H14ClNO4. The van der Waals surface area contributed by atoms with Crippen LogP contribution in [0.2, 0.25) is 5.02 Å². The Morgan fingerprint density at radius 1 is 0.821 bits per heavy atom. The van der Waals surface area contributed by atoms with Gasteiger partial charge in [0.15, 0.2) is 12.4 Å². The van der Waals surface area contributed by atoms with Crippen molar-refractivity contribution >= 4 is 34.9 Å². The number of carbonyl (C=O) groups excluding carboxylic acids is 3. The highest BCUT2D eigenvalue weighted by molar-refractivity contribution is 6.34. The Bertz CT molecular complexity index is 1040. The fraction of sp³-hybridized carbons (Fsp3) is 0.0455. The van der Waals surface area contributed by atoms with E-state index < -0.39 is 0 Å². The first-order valence-corrected chi connectivity index (χ1v) is 8.92. The number of carbonyl (C=O) groups is 3. The number of hydrogen-bond donors (Lipinski definition) is 0. The SMILES string of the molecule is O=C(COc1ccc(N2C(=O)c3ccccc3C2=O)cc1)c1ccc(Cl)cc1. The first-order chi connectivity index (χ1) is 13.5. The minimum Gasteiger partial charge on any atom is -0.485 e. The first kappa shape index (κ1) is 17.9. The van der Waals surface area contributed by atoms with Gasteiger partial charge in [-0.25, -0.2) is 4.90 Å². The summed E-state index contributed by atoms with van der Waals surface area (Å²) in [6, 6.07) is 19.8. The van der Waals surface area contributed by atoms with Gasteiger partial charge in [0, 0.05) is 10.6 Å². The summed E-state index contributed by atoms with van der Waals surface area (Å²) in [5, 5.41) is 0.557. The van der Waals surface area contributed by atoms with Gasteiger partial charge in [-0.1, -0.05) is 23.7 Å². The number of imide groups is 1. The Labute approximate surface area is 166 Å². The van der Waals surface area contributed by atoms with E-state index in [1.165, 1.54) is 0 Å². The summed E-state index contributed by atoms with van der Waals surface area (Å²) >= 11 is 5.81. The van der Waals surface area contributed by atoms with Crippen molar-refractivity contribution in [2.45, 2.75) is 0 Å². The molecule has 0 bridgehead atoms. The second kappa shape index (κ2) is 7.29. The second-order valence-electron chi connectivity index (χ2n) is 6.20. The summed E-state index contributed by atoms with van der Waals surface area (Å²) in [7, 11) is 0. The topological polar surface area (TPSA) is 63.7 Å². The number of ether oxygens (including phenoxy) is 1. The molecule has 1 heterocycles. The van der Waals surface area contributed by atoms with E-state index >= 15 is 0 Å². The van der Waals surface area contributed by atoms with Gasteiger partial charge in [0.05, 0.1) is 16.8 Å². The lowest BCUT2D eigenvalue weighted by atomic mass is 10.1. The summed E-state index contributed by atoms with van der Waals surface area (Å²) in [4.78, 5) is 38.3. The molecule has 6 heteroatoms. The van der Waals surface area contributed by atoms with E-state index in [-0.39, 0.29) is 24.2 Å². The highest BCUT2D eigenvalue weighted by Gasteiger charge is 2.36. The Kier molecular flexibility index (Phi) is 4.67. The number of fused-ring (bicyclic) bond motifs is 1. The molecule has 3 aromatic rings.